The summed E-state index contributed by atoms with van der Waals surface area (Å²) in [5.74, 6) is 1.08. The van der Waals surface area contributed by atoms with Gasteiger partial charge in [0.15, 0.2) is 0 Å². The Hall–Kier alpha value is -1.06. The average Bonchev–Trinajstić information content (AvgIpc) is 3.02. The molecule has 2 heterocycles. The SMILES string of the molecule is CCCNC1CCN(C2COc3ccccc32)C1. The van der Waals surface area contributed by atoms with E-state index < -0.39 is 0 Å². The van der Waals surface area contributed by atoms with Gasteiger partial charge in [-0.1, -0.05) is 25.1 Å². The molecule has 1 aromatic rings. The molecule has 1 saturated heterocycles. The Kier molecular flexibility index (Phi) is 3.52. The number of benzene rings is 1. The van der Waals surface area contributed by atoms with Crippen LogP contribution in [0.5, 0.6) is 5.75 Å². The first-order chi connectivity index (χ1) is 8.88. The Balaban J connectivity index is 1.64. The van der Waals surface area contributed by atoms with Gasteiger partial charge in [0.1, 0.15) is 12.4 Å². The molecule has 0 radical (unpaired) electrons. The topological polar surface area (TPSA) is 24.5 Å². The minimum Gasteiger partial charge on any atom is -0.491 e. The first-order valence-electron chi connectivity index (χ1n) is 7.07. The second-order valence-corrected chi connectivity index (χ2v) is 5.30. The maximum Gasteiger partial charge on any atom is 0.124 e. The fourth-order valence-electron chi connectivity index (χ4n) is 3.03. The van der Waals surface area contributed by atoms with Gasteiger partial charge < -0.3 is 10.1 Å². The molecule has 1 fully saturated rings. The summed E-state index contributed by atoms with van der Waals surface area (Å²) in [5.41, 5.74) is 1.37. The van der Waals surface area contributed by atoms with Crippen LogP contribution in [-0.4, -0.2) is 37.2 Å². The van der Waals surface area contributed by atoms with Crippen molar-refractivity contribution >= 4 is 0 Å². The molecular formula is C15H22N2O. The third-order valence-electron chi connectivity index (χ3n) is 4.02. The second kappa shape index (κ2) is 5.29. The molecule has 2 atom stereocenters. The van der Waals surface area contributed by atoms with Gasteiger partial charge >= 0.3 is 0 Å². The summed E-state index contributed by atoms with van der Waals surface area (Å²) in [6.07, 6.45) is 2.48. The number of rotatable bonds is 4. The average molecular weight is 246 g/mol. The molecule has 0 amide bonds. The summed E-state index contributed by atoms with van der Waals surface area (Å²) in [5, 5.41) is 3.63. The maximum absolute atomic E-state index is 5.78. The highest BCUT2D eigenvalue weighted by molar-refractivity contribution is 5.39. The molecular weight excluding hydrogens is 224 g/mol. The Morgan fingerprint density at radius 2 is 2.28 bits per heavy atom. The predicted molar refractivity (Wildman–Crippen MR) is 72.9 cm³/mol. The van der Waals surface area contributed by atoms with E-state index in [4.69, 9.17) is 4.74 Å². The lowest BCUT2D eigenvalue weighted by Gasteiger charge is -2.23. The van der Waals surface area contributed by atoms with Gasteiger partial charge in [0.2, 0.25) is 0 Å². The molecule has 1 N–H and O–H groups in total. The van der Waals surface area contributed by atoms with E-state index in [1.165, 1.54) is 24.9 Å². The van der Waals surface area contributed by atoms with Gasteiger partial charge in [-0.25, -0.2) is 0 Å². The van der Waals surface area contributed by atoms with Gasteiger partial charge in [-0.05, 0) is 25.5 Å². The molecule has 3 rings (SSSR count). The fourth-order valence-corrected chi connectivity index (χ4v) is 3.03. The molecule has 3 heteroatoms. The summed E-state index contributed by atoms with van der Waals surface area (Å²) in [6, 6.07) is 9.59. The van der Waals surface area contributed by atoms with Gasteiger partial charge in [-0.15, -0.1) is 0 Å². The van der Waals surface area contributed by atoms with Crippen LogP contribution < -0.4 is 10.1 Å². The third-order valence-corrected chi connectivity index (χ3v) is 4.02. The lowest BCUT2D eigenvalue weighted by Crippen LogP contribution is -2.34. The summed E-state index contributed by atoms with van der Waals surface area (Å²) >= 11 is 0. The molecule has 98 valence electrons. The van der Waals surface area contributed by atoms with E-state index in [9.17, 15) is 0 Å². The smallest absolute Gasteiger partial charge is 0.124 e. The number of fused-ring (bicyclic) bond motifs is 1. The molecule has 2 unspecified atom stereocenters. The van der Waals surface area contributed by atoms with E-state index in [0.717, 1.165) is 25.4 Å². The molecule has 2 aliphatic rings. The summed E-state index contributed by atoms with van der Waals surface area (Å²) in [6.45, 7) is 6.52. The highest BCUT2D eigenvalue weighted by atomic mass is 16.5. The van der Waals surface area contributed by atoms with Crippen LogP contribution in [-0.2, 0) is 0 Å². The van der Waals surface area contributed by atoms with Crippen molar-refractivity contribution in [3.05, 3.63) is 29.8 Å². The quantitative estimate of drug-likeness (QED) is 0.881. The number of nitrogens with one attached hydrogen (secondary N) is 1. The highest BCUT2D eigenvalue weighted by Crippen LogP contribution is 2.37. The van der Waals surface area contributed by atoms with Crippen molar-refractivity contribution in [2.75, 3.05) is 26.2 Å². The van der Waals surface area contributed by atoms with Crippen LogP contribution in [0, 0.1) is 0 Å². The van der Waals surface area contributed by atoms with Crippen molar-refractivity contribution in [2.24, 2.45) is 0 Å². The molecule has 0 aliphatic carbocycles. The van der Waals surface area contributed by atoms with Crippen LogP contribution in [0.1, 0.15) is 31.4 Å². The van der Waals surface area contributed by atoms with E-state index in [0.29, 0.717) is 12.1 Å². The Bertz CT molecular complexity index is 407. The van der Waals surface area contributed by atoms with Gasteiger partial charge in [0.25, 0.3) is 0 Å². The molecule has 2 aliphatic heterocycles. The number of ether oxygens (including phenoxy) is 1. The van der Waals surface area contributed by atoms with Crippen molar-refractivity contribution in [1.29, 1.82) is 0 Å². The summed E-state index contributed by atoms with van der Waals surface area (Å²) < 4.78 is 5.78. The summed E-state index contributed by atoms with van der Waals surface area (Å²) in [4.78, 5) is 2.57. The first kappa shape index (κ1) is 12.0. The standard InChI is InChI=1S/C15H22N2O/c1-2-8-16-12-7-9-17(10-12)14-11-18-15-6-4-3-5-13(14)15/h3-6,12,14,16H,2,7-11H2,1H3. The number of hydrogen-bond acceptors (Lipinski definition) is 3. The summed E-state index contributed by atoms with van der Waals surface area (Å²) in [7, 11) is 0. The van der Waals surface area contributed by atoms with E-state index in [1.807, 2.05) is 0 Å². The number of likely N-dealkylation sites (tertiary alicyclic amines) is 1. The zero-order valence-electron chi connectivity index (χ0n) is 11.1. The van der Waals surface area contributed by atoms with Crippen molar-refractivity contribution < 1.29 is 4.74 Å². The number of nitrogens with zero attached hydrogens (tertiary/aromatic N) is 1. The predicted octanol–water partition coefficient (Wildman–Crippen LogP) is 2.19. The van der Waals surface area contributed by atoms with E-state index in [-0.39, 0.29) is 0 Å². The van der Waals surface area contributed by atoms with Crippen LogP contribution in [0.2, 0.25) is 0 Å². The monoisotopic (exact) mass is 246 g/mol. The van der Waals surface area contributed by atoms with E-state index >= 15 is 0 Å². The minimum atomic E-state index is 0.467. The van der Waals surface area contributed by atoms with Crippen LogP contribution >= 0.6 is 0 Å². The van der Waals surface area contributed by atoms with Crippen LogP contribution in [0.4, 0.5) is 0 Å². The van der Waals surface area contributed by atoms with Gasteiger partial charge in [-0.3, -0.25) is 4.90 Å². The Morgan fingerprint density at radius 1 is 1.39 bits per heavy atom. The maximum atomic E-state index is 5.78. The van der Waals surface area contributed by atoms with E-state index in [2.05, 4.69) is 41.4 Å². The van der Waals surface area contributed by atoms with Crippen LogP contribution in [0.15, 0.2) is 24.3 Å². The second-order valence-electron chi connectivity index (χ2n) is 5.30. The lowest BCUT2D eigenvalue weighted by molar-refractivity contribution is 0.192. The van der Waals surface area contributed by atoms with Crippen molar-refractivity contribution in [3.63, 3.8) is 0 Å². The third kappa shape index (κ3) is 2.25. The van der Waals surface area contributed by atoms with Crippen molar-refractivity contribution in [1.82, 2.24) is 10.2 Å². The fraction of sp³-hybridized carbons (Fsp3) is 0.600. The Labute approximate surface area is 109 Å². The molecule has 1 aromatic carbocycles. The van der Waals surface area contributed by atoms with Gasteiger partial charge in [-0.2, -0.15) is 0 Å². The normalized spacial score (nSPS) is 27.2. The van der Waals surface area contributed by atoms with Crippen molar-refractivity contribution in [3.8, 4) is 5.75 Å². The van der Waals surface area contributed by atoms with Gasteiger partial charge in [0, 0.05) is 24.7 Å². The molecule has 3 nitrogen and oxygen atoms in total. The largest absolute Gasteiger partial charge is 0.491 e. The molecule has 18 heavy (non-hydrogen) atoms. The molecule has 0 saturated carbocycles. The van der Waals surface area contributed by atoms with Crippen LogP contribution in [0.25, 0.3) is 0 Å². The Morgan fingerprint density at radius 3 is 3.17 bits per heavy atom. The van der Waals surface area contributed by atoms with Gasteiger partial charge in [0.05, 0.1) is 6.04 Å². The zero-order chi connectivity index (χ0) is 12.4. The zero-order valence-corrected chi connectivity index (χ0v) is 11.1. The van der Waals surface area contributed by atoms with Crippen molar-refractivity contribution in [2.45, 2.75) is 31.8 Å². The number of hydrogen-bond donors (Lipinski definition) is 1. The van der Waals surface area contributed by atoms with E-state index in [1.54, 1.807) is 0 Å². The lowest BCUT2D eigenvalue weighted by atomic mass is 10.1. The molecule has 0 bridgehead atoms. The first-order valence-corrected chi connectivity index (χ1v) is 7.07. The molecule has 0 aromatic heterocycles. The molecule has 0 spiro atoms. The minimum absolute atomic E-state index is 0.467. The highest BCUT2D eigenvalue weighted by Gasteiger charge is 2.33. The number of para-hydroxylation sites is 1. The van der Waals surface area contributed by atoms with Crippen LogP contribution in [0.3, 0.4) is 0 Å².